The van der Waals surface area contributed by atoms with E-state index in [1.807, 2.05) is 19.1 Å². The van der Waals surface area contributed by atoms with E-state index >= 15 is 0 Å². The lowest BCUT2D eigenvalue weighted by Gasteiger charge is -2.07. The summed E-state index contributed by atoms with van der Waals surface area (Å²) in [6.45, 7) is 4.05. The van der Waals surface area contributed by atoms with Crippen molar-refractivity contribution in [1.82, 2.24) is 9.97 Å². The van der Waals surface area contributed by atoms with Crippen molar-refractivity contribution < 1.29 is 9.90 Å². The zero-order valence-corrected chi connectivity index (χ0v) is 13.3. The Morgan fingerprint density at radius 2 is 1.77 bits per heavy atom. The number of carbonyl (C=O) groups is 1. The van der Waals surface area contributed by atoms with Gasteiger partial charge in [0, 0.05) is 36.8 Å². The number of carbonyl (C=O) groups excluding carboxylic acids is 1. The molecule has 22 heavy (non-hydrogen) atoms. The van der Waals surface area contributed by atoms with Gasteiger partial charge in [-0.05, 0) is 36.6 Å². The highest BCUT2D eigenvalue weighted by atomic mass is 16.3. The molecule has 4 heteroatoms. The third-order valence-corrected chi connectivity index (χ3v) is 3.09. The number of aliphatic hydroxyl groups is 1. The Kier molecular flexibility index (Phi) is 8.69. The number of aromatic nitrogens is 2. The fraction of sp³-hybridized carbons (Fsp3) is 0.389. The number of pyridine rings is 2. The van der Waals surface area contributed by atoms with E-state index in [1.54, 1.807) is 36.9 Å². The molecule has 2 rings (SSSR count). The van der Waals surface area contributed by atoms with Crippen LogP contribution in [-0.2, 0) is 0 Å². The number of hydrogen-bond acceptors (Lipinski definition) is 4. The third-order valence-electron chi connectivity index (χ3n) is 3.09. The van der Waals surface area contributed by atoms with E-state index in [0.29, 0.717) is 12.0 Å². The first-order valence-electron chi connectivity index (χ1n) is 7.70. The van der Waals surface area contributed by atoms with E-state index in [1.165, 1.54) is 0 Å². The van der Waals surface area contributed by atoms with Crippen LogP contribution in [0.4, 0.5) is 0 Å². The Morgan fingerprint density at radius 3 is 2.27 bits per heavy atom. The van der Waals surface area contributed by atoms with Gasteiger partial charge in [0.05, 0.1) is 6.10 Å². The van der Waals surface area contributed by atoms with Crippen molar-refractivity contribution in [3.05, 3.63) is 60.2 Å². The Balaban J connectivity index is 0.000000220. The van der Waals surface area contributed by atoms with Crippen LogP contribution in [-0.4, -0.2) is 20.9 Å². The highest BCUT2D eigenvalue weighted by molar-refractivity contribution is 5.95. The van der Waals surface area contributed by atoms with E-state index in [0.717, 1.165) is 24.8 Å². The van der Waals surface area contributed by atoms with Crippen LogP contribution in [0.1, 0.15) is 61.6 Å². The van der Waals surface area contributed by atoms with Gasteiger partial charge in [-0.1, -0.05) is 26.3 Å². The van der Waals surface area contributed by atoms with Gasteiger partial charge in [-0.2, -0.15) is 0 Å². The lowest BCUT2D eigenvalue weighted by atomic mass is 10.1. The van der Waals surface area contributed by atoms with Crippen LogP contribution in [0, 0.1) is 0 Å². The van der Waals surface area contributed by atoms with Crippen LogP contribution in [0.2, 0.25) is 0 Å². The minimum Gasteiger partial charge on any atom is -0.388 e. The summed E-state index contributed by atoms with van der Waals surface area (Å²) in [6, 6.07) is 7.31. The molecule has 1 atom stereocenters. The van der Waals surface area contributed by atoms with E-state index in [-0.39, 0.29) is 11.9 Å². The third kappa shape index (κ3) is 6.59. The summed E-state index contributed by atoms with van der Waals surface area (Å²) in [7, 11) is 0. The topological polar surface area (TPSA) is 63.1 Å². The highest BCUT2D eigenvalue weighted by Gasteiger charge is 2.04. The fourth-order valence-corrected chi connectivity index (χ4v) is 1.91. The quantitative estimate of drug-likeness (QED) is 0.820. The first-order chi connectivity index (χ1) is 10.7. The number of aliphatic hydroxyl groups excluding tert-OH is 1. The molecular weight excluding hydrogens is 276 g/mol. The van der Waals surface area contributed by atoms with Gasteiger partial charge in [0.2, 0.25) is 0 Å². The summed E-state index contributed by atoms with van der Waals surface area (Å²) in [5, 5.41) is 9.48. The number of ketones is 1. The maximum Gasteiger partial charge on any atom is 0.164 e. The summed E-state index contributed by atoms with van der Waals surface area (Å²) in [6.07, 6.45) is 9.68. The van der Waals surface area contributed by atoms with Gasteiger partial charge >= 0.3 is 0 Å². The van der Waals surface area contributed by atoms with Gasteiger partial charge < -0.3 is 5.11 Å². The average molecular weight is 300 g/mol. The molecule has 0 aliphatic rings. The predicted molar refractivity (Wildman–Crippen MR) is 87.6 cm³/mol. The van der Waals surface area contributed by atoms with Gasteiger partial charge in [0.15, 0.2) is 5.78 Å². The normalized spacial score (nSPS) is 11.2. The minimum atomic E-state index is -0.339. The van der Waals surface area contributed by atoms with Gasteiger partial charge in [-0.15, -0.1) is 0 Å². The summed E-state index contributed by atoms with van der Waals surface area (Å²) < 4.78 is 0. The van der Waals surface area contributed by atoms with E-state index in [9.17, 15) is 9.90 Å². The second kappa shape index (κ2) is 10.6. The summed E-state index contributed by atoms with van der Waals surface area (Å²) in [5.41, 5.74) is 1.63. The van der Waals surface area contributed by atoms with Crippen molar-refractivity contribution in [1.29, 1.82) is 0 Å². The SMILES string of the molecule is CCCC(=O)c1cccnc1.CCC[C@@H](O)c1cccnc1. The monoisotopic (exact) mass is 300 g/mol. The largest absolute Gasteiger partial charge is 0.388 e. The highest BCUT2D eigenvalue weighted by Crippen LogP contribution is 2.15. The molecule has 0 saturated heterocycles. The predicted octanol–water partition coefficient (Wildman–Crippen LogP) is 3.98. The van der Waals surface area contributed by atoms with Gasteiger partial charge in [0.1, 0.15) is 0 Å². The molecule has 0 bridgehead atoms. The van der Waals surface area contributed by atoms with E-state index in [2.05, 4.69) is 16.9 Å². The average Bonchev–Trinajstić information content (AvgIpc) is 2.57. The molecule has 4 nitrogen and oxygen atoms in total. The standard InChI is InChI=1S/C9H13NO.C9H11NO/c2*1-2-4-9(11)8-5-3-6-10-7-8/h3,5-7,9,11H,2,4H2,1H3;3,5-7H,2,4H2,1H3/t9-;/m1./s1. The molecule has 1 N–H and O–H groups in total. The van der Waals surface area contributed by atoms with Crippen molar-refractivity contribution in [3.8, 4) is 0 Å². The molecular formula is C18H24N2O2. The number of hydrogen-bond donors (Lipinski definition) is 1. The fourth-order valence-electron chi connectivity index (χ4n) is 1.91. The first-order valence-corrected chi connectivity index (χ1v) is 7.70. The molecule has 0 amide bonds. The second-order valence-corrected chi connectivity index (χ2v) is 5.01. The second-order valence-electron chi connectivity index (χ2n) is 5.01. The van der Waals surface area contributed by atoms with Gasteiger partial charge in [-0.3, -0.25) is 14.8 Å². The molecule has 2 aromatic rings. The smallest absolute Gasteiger partial charge is 0.164 e. The van der Waals surface area contributed by atoms with Crippen LogP contribution < -0.4 is 0 Å². The molecule has 2 aromatic heterocycles. The number of nitrogens with zero attached hydrogens (tertiary/aromatic N) is 2. The Hall–Kier alpha value is -2.07. The summed E-state index contributed by atoms with van der Waals surface area (Å²) in [5.74, 6) is 0.181. The van der Waals surface area contributed by atoms with Crippen molar-refractivity contribution in [2.75, 3.05) is 0 Å². The molecule has 0 aliphatic heterocycles. The zero-order chi connectivity index (χ0) is 16.2. The van der Waals surface area contributed by atoms with Crippen LogP contribution in [0.3, 0.4) is 0 Å². The molecule has 0 aliphatic carbocycles. The number of Topliss-reactive ketones (excluding diaryl/α,β-unsaturated/α-hetero) is 1. The van der Waals surface area contributed by atoms with Crippen molar-refractivity contribution in [2.45, 2.75) is 45.6 Å². The maximum absolute atomic E-state index is 11.2. The van der Waals surface area contributed by atoms with Gasteiger partial charge in [-0.25, -0.2) is 0 Å². The molecule has 0 saturated carbocycles. The minimum absolute atomic E-state index is 0.181. The van der Waals surface area contributed by atoms with Crippen molar-refractivity contribution in [3.63, 3.8) is 0 Å². The summed E-state index contributed by atoms with van der Waals surface area (Å²) >= 11 is 0. The first kappa shape index (κ1) is 18.0. The summed E-state index contributed by atoms with van der Waals surface area (Å²) in [4.78, 5) is 19.0. The molecule has 0 radical (unpaired) electrons. The molecule has 118 valence electrons. The molecule has 0 spiro atoms. The van der Waals surface area contributed by atoms with Crippen LogP contribution in [0.25, 0.3) is 0 Å². The maximum atomic E-state index is 11.2. The molecule has 0 aromatic carbocycles. The molecule has 0 fully saturated rings. The Labute approximate surface area is 132 Å². The van der Waals surface area contributed by atoms with Crippen LogP contribution in [0.15, 0.2) is 49.1 Å². The van der Waals surface area contributed by atoms with Crippen molar-refractivity contribution in [2.24, 2.45) is 0 Å². The lowest BCUT2D eigenvalue weighted by Crippen LogP contribution is -1.97. The molecule has 2 heterocycles. The van der Waals surface area contributed by atoms with Crippen LogP contribution in [0.5, 0.6) is 0 Å². The lowest BCUT2D eigenvalue weighted by molar-refractivity contribution is 0.0981. The Morgan fingerprint density at radius 1 is 1.09 bits per heavy atom. The van der Waals surface area contributed by atoms with Crippen molar-refractivity contribution >= 4 is 5.78 Å². The Bertz CT molecular complexity index is 529. The van der Waals surface area contributed by atoms with Gasteiger partial charge in [0.25, 0.3) is 0 Å². The van der Waals surface area contributed by atoms with Crippen LogP contribution >= 0.6 is 0 Å². The molecule has 0 unspecified atom stereocenters. The zero-order valence-electron chi connectivity index (χ0n) is 13.3. The van der Waals surface area contributed by atoms with E-state index in [4.69, 9.17) is 0 Å². The van der Waals surface area contributed by atoms with E-state index < -0.39 is 0 Å². The number of rotatable bonds is 6.